The Morgan fingerprint density at radius 2 is 1.71 bits per heavy atom. The number of hydrogen-bond donors (Lipinski definition) is 2. The maximum absolute atomic E-state index is 13.7. The van der Waals surface area contributed by atoms with Gasteiger partial charge in [-0.1, -0.05) is 26.0 Å². The van der Waals surface area contributed by atoms with Crippen LogP contribution in [0, 0.1) is 11.7 Å². The minimum Gasteiger partial charge on any atom is -0.455 e. The Kier molecular flexibility index (Phi) is 9.30. The molecule has 0 aliphatic heterocycles. The van der Waals surface area contributed by atoms with Gasteiger partial charge in [0.25, 0.3) is 11.8 Å². The van der Waals surface area contributed by atoms with Gasteiger partial charge in [-0.25, -0.2) is 12.8 Å². The number of rotatable bonds is 11. The molecule has 11 heteroatoms. The first kappa shape index (κ1) is 30.7. The van der Waals surface area contributed by atoms with Gasteiger partial charge in [0.15, 0.2) is 0 Å². The number of amides is 2. The Labute approximate surface area is 243 Å². The van der Waals surface area contributed by atoms with E-state index in [0.29, 0.717) is 34.2 Å². The quantitative estimate of drug-likeness (QED) is 0.228. The first-order valence-electron chi connectivity index (χ1n) is 13.5. The van der Waals surface area contributed by atoms with E-state index in [1.165, 1.54) is 37.4 Å². The van der Waals surface area contributed by atoms with Crippen LogP contribution in [0.4, 0.5) is 14.5 Å². The molecule has 0 spiro atoms. The van der Waals surface area contributed by atoms with Gasteiger partial charge in [-0.05, 0) is 60.4 Å². The Hall–Kier alpha value is -4.25. The highest BCUT2D eigenvalue weighted by molar-refractivity contribution is 7.92. The Bertz CT molecular complexity index is 1720. The fourth-order valence-electron chi connectivity index (χ4n) is 4.62. The summed E-state index contributed by atoms with van der Waals surface area (Å²) in [6, 6.07) is 15.2. The van der Waals surface area contributed by atoms with Crippen LogP contribution in [-0.4, -0.2) is 53.3 Å². The number of halogens is 2. The van der Waals surface area contributed by atoms with Crippen molar-refractivity contribution in [2.24, 2.45) is 5.92 Å². The molecule has 0 aliphatic rings. The molecule has 0 saturated heterocycles. The Morgan fingerprint density at radius 1 is 1.00 bits per heavy atom. The number of sulfonamides is 1. The number of benzene rings is 3. The van der Waals surface area contributed by atoms with Crippen molar-refractivity contribution >= 4 is 38.5 Å². The van der Waals surface area contributed by atoms with E-state index in [0.717, 1.165) is 10.6 Å². The molecule has 8 nitrogen and oxygen atoms in total. The first-order chi connectivity index (χ1) is 19.9. The van der Waals surface area contributed by atoms with Crippen LogP contribution < -0.4 is 14.9 Å². The zero-order chi connectivity index (χ0) is 30.6. The van der Waals surface area contributed by atoms with Gasteiger partial charge < -0.3 is 15.1 Å². The molecule has 42 heavy (non-hydrogen) atoms. The van der Waals surface area contributed by atoms with E-state index in [4.69, 9.17) is 4.42 Å². The number of anilines is 1. The zero-order valence-electron chi connectivity index (χ0n) is 23.8. The molecule has 1 heterocycles. The summed E-state index contributed by atoms with van der Waals surface area (Å²) in [6.07, 6.45) is 0.974. The number of furan rings is 1. The van der Waals surface area contributed by atoms with Crippen LogP contribution in [0.1, 0.15) is 41.0 Å². The monoisotopic (exact) mass is 597 g/mol. The van der Waals surface area contributed by atoms with E-state index < -0.39 is 28.4 Å². The fourth-order valence-corrected chi connectivity index (χ4v) is 5.59. The number of carbonyl (C=O) groups excluding carboxylic acids is 2. The second-order valence-corrected chi connectivity index (χ2v) is 12.2. The molecule has 0 bridgehead atoms. The van der Waals surface area contributed by atoms with Crippen LogP contribution in [0.15, 0.2) is 65.1 Å². The van der Waals surface area contributed by atoms with Gasteiger partial charge in [-0.3, -0.25) is 18.3 Å². The molecule has 2 N–H and O–H groups in total. The molecule has 4 rings (SSSR count). The number of nitrogens with zero attached hydrogens (tertiary/aromatic N) is 1. The number of hydrogen-bond acceptors (Lipinski definition) is 5. The van der Waals surface area contributed by atoms with Gasteiger partial charge in [0.2, 0.25) is 10.0 Å². The second-order valence-electron chi connectivity index (χ2n) is 10.3. The second kappa shape index (κ2) is 12.7. The lowest BCUT2D eigenvalue weighted by Gasteiger charge is -2.25. The third-order valence-corrected chi connectivity index (χ3v) is 7.82. The van der Waals surface area contributed by atoms with Gasteiger partial charge in [-0.2, -0.15) is 0 Å². The summed E-state index contributed by atoms with van der Waals surface area (Å²) in [5.41, 5.74) is 2.27. The predicted molar refractivity (Wildman–Crippen MR) is 160 cm³/mol. The zero-order valence-corrected chi connectivity index (χ0v) is 24.6. The molecule has 0 unspecified atom stereocenters. The van der Waals surface area contributed by atoms with Crippen molar-refractivity contribution in [3.63, 3.8) is 0 Å². The molecule has 4 aromatic rings. The third-order valence-electron chi connectivity index (χ3n) is 6.64. The first-order valence-corrected chi connectivity index (χ1v) is 15.3. The van der Waals surface area contributed by atoms with E-state index in [2.05, 4.69) is 10.6 Å². The van der Waals surface area contributed by atoms with Crippen LogP contribution in [0.5, 0.6) is 0 Å². The molecule has 0 radical (unpaired) electrons. The lowest BCUT2D eigenvalue weighted by atomic mass is 9.97. The SMILES string of the molecule is CNC(=O)c1c(-c2ccc(F)cc2)oc2cc(N(CCCF)S(C)(=O)=O)c(-c3cccc(C(=O)NCC(C)C)c3)cc12. The van der Waals surface area contributed by atoms with Crippen molar-refractivity contribution in [3.8, 4) is 22.5 Å². The van der Waals surface area contributed by atoms with Gasteiger partial charge >= 0.3 is 0 Å². The Balaban J connectivity index is 2.02. The summed E-state index contributed by atoms with van der Waals surface area (Å²) in [5.74, 6) is -0.812. The smallest absolute Gasteiger partial charge is 0.255 e. The highest BCUT2D eigenvalue weighted by Gasteiger charge is 2.27. The van der Waals surface area contributed by atoms with Crippen LogP contribution in [0.3, 0.4) is 0 Å². The van der Waals surface area contributed by atoms with Gasteiger partial charge in [-0.15, -0.1) is 0 Å². The lowest BCUT2D eigenvalue weighted by Crippen LogP contribution is -2.31. The van der Waals surface area contributed by atoms with Crippen molar-refractivity contribution in [2.45, 2.75) is 20.3 Å². The fraction of sp³-hybridized carbons (Fsp3) is 0.290. The van der Waals surface area contributed by atoms with Gasteiger partial charge in [0.05, 0.1) is 24.2 Å². The normalized spacial score (nSPS) is 11.6. The predicted octanol–water partition coefficient (Wildman–Crippen LogP) is 5.78. The minimum absolute atomic E-state index is 0.0509. The van der Waals surface area contributed by atoms with Crippen molar-refractivity contribution in [3.05, 3.63) is 77.6 Å². The van der Waals surface area contributed by atoms with Crippen LogP contribution in [0.25, 0.3) is 33.4 Å². The molecule has 0 atom stereocenters. The summed E-state index contributed by atoms with van der Waals surface area (Å²) in [6.45, 7) is 3.55. The Morgan fingerprint density at radius 3 is 2.33 bits per heavy atom. The molecule has 3 aromatic carbocycles. The summed E-state index contributed by atoms with van der Waals surface area (Å²) in [4.78, 5) is 26.0. The van der Waals surface area contributed by atoms with E-state index in [1.54, 1.807) is 30.3 Å². The van der Waals surface area contributed by atoms with Gasteiger partial charge in [0, 0.05) is 48.3 Å². The molecule has 2 amide bonds. The van der Waals surface area contributed by atoms with Gasteiger partial charge in [0.1, 0.15) is 17.2 Å². The number of alkyl halides is 1. The lowest BCUT2D eigenvalue weighted by molar-refractivity contribution is 0.0945. The maximum Gasteiger partial charge on any atom is 0.255 e. The molecule has 0 saturated carbocycles. The van der Waals surface area contributed by atoms with E-state index in [9.17, 15) is 26.8 Å². The molecule has 0 fully saturated rings. The van der Waals surface area contributed by atoms with E-state index >= 15 is 0 Å². The molecular formula is C31H33F2N3O5S. The summed E-state index contributed by atoms with van der Waals surface area (Å²) < 4.78 is 60.1. The number of fused-ring (bicyclic) bond motifs is 1. The van der Waals surface area contributed by atoms with Crippen LogP contribution >= 0.6 is 0 Å². The van der Waals surface area contributed by atoms with Crippen LogP contribution in [0.2, 0.25) is 0 Å². The van der Waals surface area contributed by atoms with E-state index in [1.807, 2.05) is 13.8 Å². The van der Waals surface area contributed by atoms with Crippen molar-refractivity contribution in [1.82, 2.24) is 10.6 Å². The average Bonchev–Trinajstić information content (AvgIpc) is 3.33. The molecule has 222 valence electrons. The number of carbonyl (C=O) groups is 2. The minimum atomic E-state index is -3.89. The average molecular weight is 598 g/mol. The standard InChI is InChI=1S/C31H33F2N3O5S/c1-19(2)18-35-30(37)22-8-5-7-21(15-22)24-16-25-27(17-26(24)36(14-6-13-32)42(4,39)40)41-29(28(25)31(38)34-3)20-9-11-23(33)12-10-20/h5,7-12,15-17,19H,6,13-14,18H2,1-4H3,(H,34,38)(H,35,37). The van der Waals surface area contributed by atoms with Crippen molar-refractivity contribution < 1.29 is 31.2 Å². The van der Waals surface area contributed by atoms with Crippen molar-refractivity contribution in [1.29, 1.82) is 0 Å². The molecular weight excluding hydrogens is 564 g/mol. The third kappa shape index (κ3) is 6.62. The molecule has 0 aliphatic carbocycles. The largest absolute Gasteiger partial charge is 0.455 e. The van der Waals surface area contributed by atoms with Crippen LogP contribution in [-0.2, 0) is 10.0 Å². The van der Waals surface area contributed by atoms with Crippen molar-refractivity contribution in [2.75, 3.05) is 37.4 Å². The summed E-state index contributed by atoms with van der Waals surface area (Å²) >= 11 is 0. The summed E-state index contributed by atoms with van der Waals surface area (Å²) in [5, 5.41) is 5.85. The maximum atomic E-state index is 13.7. The summed E-state index contributed by atoms with van der Waals surface area (Å²) in [7, 11) is -2.43. The highest BCUT2D eigenvalue weighted by atomic mass is 32.2. The number of nitrogens with one attached hydrogen (secondary N) is 2. The highest BCUT2D eigenvalue weighted by Crippen LogP contribution is 2.42. The van der Waals surface area contributed by atoms with E-state index in [-0.39, 0.29) is 47.4 Å². The topological polar surface area (TPSA) is 109 Å². The molecule has 1 aromatic heterocycles.